The molecule has 0 aromatic heterocycles. The van der Waals surface area contributed by atoms with Crippen LogP contribution in [0, 0.1) is 0 Å². The van der Waals surface area contributed by atoms with E-state index in [4.69, 9.17) is 39.5 Å². The highest BCUT2D eigenvalue weighted by Crippen LogP contribution is 2.34. The van der Waals surface area contributed by atoms with Gasteiger partial charge in [0.05, 0.1) is 5.02 Å². The third-order valence-corrected chi connectivity index (χ3v) is 3.07. The lowest BCUT2D eigenvalue weighted by atomic mass is 10.2. The first-order valence-corrected chi connectivity index (χ1v) is 6.28. The van der Waals surface area contributed by atoms with E-state index >= 15 is 0 Å². The van der Waals surface area contributed by atoms with Crippen LogP contribution in [0.5, 0.6) is 11.5 Å². The van der Waals surface area contributed by atoms with Crippen molar-refractivity contribution in [2.24, 2.45) is 0 Å². The van der Waals surface area contributed by atoms with Gasteiger partial charge in [-0.3, -0.25) is 0 Å². The topological polar surface area (TPSA) is 9.23 Å². The third kappa shape index (κ3) is 2.99. The quantitative estimate of drug-likeness (QED) is 0.667. The van der Waals surface area contributed by atoms with Crippen molar-refractivity contribution in [2.75, 3.05) is 0 Å². The summed E-state index contributed by atoms with van der Waals surface area (Å²) in [6.07, 6.45) is 1.67. The Labute approximate surface area is 121 Å². The zero-order chi connectivity index (χ0) is 13.1. The summed E-state index contributed by atoms with van der Waals surface area (Å²) in [5, 5.41) is 1.64. The van der Waals surface area contributed by atoms with Gasteiger partial charge in [0.1, 0.15) is 11.5 Å². The SMILES string of the molecule is C=Cc1cc(Cl)ccc1Oc1ccc(Cl)cc1Cl. The number of hydrogen-bond acceptors (Lipinski definition) is 1. The molecule has 0 saturated heterocycles. The molecule has 18 heavy (non-hydrogen) atoms. The molecule has 0 unspecified atom stereocenters. The maximum absolute atomic E-state index is 6.04. The zero-order valence-corrected chi connectivity index (χ0v) is 11.6. The molecule has 0 aliphatic heterocycles. The van der Waals surface area contributed by atoms with E-state index in [9.17, 15) is 0 Å². The maximum atomic E-state index is 6.04. The molecule has 0 aliphatic rings. The van der Waals surface area contributed by atoms with Crippen molar-refractivity contribution in [3.8, 4) is 11.5 Å². The summed E-state index contributed by atoms with van der Waals surface area (Å²) < 4.78 is 5.72. The summed E-state index contributed by atoms with van der Waals surface area (Å²) in [5.74, 6) is 1.17. The van der Waals surface area contributed by atoms with Crippen LogP contribution >= 0.6 is 34.8 Å². The van der Waals surface area contributed by atoms with Crippen LogP contribution in [0.3, 0.4) is 0 Å². The van der Waals surface area contributed by atoms with E-state index in [2.05, 4.69) is 6.58 Å². The average molecular weight is 300 g/mol. The van der Waals surface area contributed by atoms with Crippen LogP contribution in [-0.4, -0.2) is 0 Å². The number of hydrogen-bond donors (Lipinski definition) is 0. The lowest BCUT2D eigenvalue weighted by molar-refractivity contribution is 0.482. The second-order valence-electron chi connectivity index (χ2n) is 3.56. The van der Waals surface area contributed by atoms with E-state index in [0.717, 1.165) is 5.56 Å². The molecule has 0 atom stereocenters. The van der Waals surface area contributed by atoms with Gasteiger partial charge in [-0.1, -0.05) is 47.5 Å². The van der Waals surface area contributed by atoms with E-state index in [-0.39, 0.29) is 0 Å². The van der Waals surface area contributed by atoms with Gasteiger partial charge < -0.3 is 4.74 Å². The molecule has 2 aromatic rings. The summed E-state index contributed by atoms with van der Waals surface area (Å²) in [5.41, 5.74) is 0.800. The number of benzene rings is 2. The Morgan fingerprint density at radius 2 is 1.50 bits per heavy atom. The van der Waals surface area contributed by atoms with Gasteiger partial charge in [0.25, 0.3) is 0 Å². The van der Waals surface area contributed by atoms with Crippen LogP contribution in [0.2, 0.25) is 15.1 Å². The molecule has 0 N–H and O–H groups in total. The Bertz CT molecular complexity index is 594. The number of halogens is 3. The first-order valence-electron chi connectivity index (χ1n) is 5.15. The van der Waals surface area contributed by atoms with Gasteiger partial charge in [0.2, 0.25) is 0 Å². The van der Waals surface area contributed by atoms with Crippen molar-refractivity contribution in [2.45, 2.75) is 0 Å². The first kappa shape index (κ1) is 13.3. The molecular formula is C14H9Cl3O. The lowest BCUT2D eigenvalue weighted by Gasteiger charge is -2.10. The Kier molecular flexibility index (Phi) is 4.18. The van der Waals surface area contributed by atoms with Gasteiger partial charge in [0, 0.05) is 15.6 Å². The van der Waals surface area contributed by atoms with Crippen LogP contribution < -0.4 is 4.74 Å². The molecule has 0 aliphatic carbocycles. The van der Waals surface area contributed by atoms with Crippen molar-refractivity contribution in [1.29, 1.82) is 0 Å². The molecule has 0 amide bonds. The summed E-state index contributed by atoms with van der Waals surface area (Å²) in [6, 6.07) is 10.3. The molecule has 0 saturated carbocycles. The molecule has 0 radical (unpaired) electrons. The maximum Gasteiger partial charge on any atom is 0.146 e. The fourth-order valence-electron chi connectivity index (χ4n) is 1.45. The summed E-state index contributed by atoms with van der Waals surface area (Å²) in [4.78, 5) is 0. The predicted octanol–water partition coefficient (Wildman–Crippen LogP) is 6.08. The highest BCUT2D eigenvalue weighted by Gasteiger charge is 2.07. The fraction of sp³-hybridized carbons (Fsp3) is 0. The van der Waals surface area contributed by atoms with Crippen LogP contribution in [0.1, 0.15) is 5.56 Å². The van der Waals surface area contributed by atoms with Gasteiger partial charge >= 0.3 is 0 Å². The van der Waals surface area contributed by atoms with Crippen LogP contribution in [0.25, 0.3) is 6.08 Å². The molecular weight excluding hydrogens is 291 g/mol. The molecule has 1 nitrogen and oxygen atoms in total. The highest BCUT2D eigenvalue weighted by atomic mass is 35.5. The van der Waals surface area contributed by atoms with Crippen LogP contribution in [0.4, 0.5) is 0 Å². The normalized spacial score (nSPS) is 10.2. The van der Waals surface area contributed by atoms with Crippen LogP contribution in [0.15, 0.2) is 43.0 Å². The van der Waals surface area contributed by atoms with Crippen molar-refractivity contribution in [3.05, 3.63) is 63.6 Å². The van der Waals surface area contributed by atoms with Gasteiger partial charge in [-0.25, -0.2) is 0 Å². The summed E-state index contributed by atoms with van der Waals surface area (Å²) in [6.45, 7) is 3.72. The third-order valence-electron chi connectivity index (χ3n) is 2.31. The van der Waals surface area contributed by atoms with Gasteiger partial charge in [0.15, 0.2) is 0 Å². The van der Waals surface area contributed by atoms with Gasteiger partial charge in [-0.05, 0) is 36.4 Å². The monoisotopic (exact) mass is 298 g/mol. The van der Waals surface area contributed by atoms with Gasteiger partial charge in [-0.15, -0.1) is 0 Å². The van der Waals surface area contributed by atoms with Crippen molar-refractivity contribution < 1.29 is 4.74 Å². The second-order valence-corrected chi connectivity index (χ2v) is 4.84. The van der Waals surface area contributed by atoms with Crippen molar-refractivity contribution in [1.82, 2.24) is 0 Å². The smallest absolute Gasteiger partial charge is 0.146 e. The van der Waals surface area contributed by atoms with E-state index in [1.807, 2.05) is 0 Å². The highest BCUT2D eigenvalue weighted by molar-refractivity contribution is 6.35. The first-order chi connectivity index (χ1) is 8.60. The number of rotatable bonds is 3. The fourth-order valence-corrected chi connectivity index (χ4v) is 2.08. The molecule has 2 aromatic carbocycles. The Morgan fingerprint density at radius 3 is 2.11 bits per heavy atom. The Balaban J connectivity index is 2.36. The molecule has 0 bridgehead atoms. The minimum atomic E-state index is 0.451. The largest absolute Gasteiger partial charge is 0.455 e. The minimum Gasteiger partial charge on any atom is -0.455 e. The molecule has 92 valence electrons. The standard InChI is InChI=1S/C14H9Cl3O/c1-2-9-7-10(15)3-5-13(9)18-14-6-4-11(16)8-12(14)17/h2-8H,1H2. The van der Waals surface area contributed by atoms with Crippen molar-refractivity contribution >= 4 is 40.9 Å². The lowest BCUT2D eigenvalue weighted by Crippen LogP contribution is -1.88. The second kappa shape index (κ2) is 5.66. The van der Waals surface area contributed by atoms with Crippen LogP contribution in [-0.2, 0) is 0 Å². The van der Waals surface area contributed by atoms with E-state index in [1.165, 1.54) is 0 Å². The Hall–Kier alpha value is -1.15. The molecule has 4 heteroatoms. The number of ether oxygens (including phenoxy) is 1. The van der Waals surface area contributed by atoms with E-state index in [1.54, 1.807) is 42.5 Å². The van der Waals surface area contributed by atoms with Crippen molar-refractivity contribution in [3.63, 3.8) is 0 Å². The molecule has 0 fully saturated rings. The Morgan fingerprint density at radius 1 is 0.889 bits per heavy atom. The molecule has 0 spiro atoms. The molecule has 0 heterocycles. The summed E-state index contributed by atoms with van der Waals surface area (Å²) >= 11 is 17.8. The molecule has 2 rings (SSSR count). The zero-order valence-electron chi connectivity index (χ0n) is 9.29. The minimum absolute atomic E-state index is 0.451. The van der Waals surface area contributed by atoms with Gasteiger partial charge in [-0.2, -0.15) is 0 Å². The average Bonchev–Trinajstić information content (AvgIpc) is 2.34. The van der Waals surface area contributed by atoms with E-state index < -0.39 is 0 Å². The predicted molar refractivity (Wildman–Crippen MR) is 78.1 cm³/mol. The van der Waals surface area contributed by atoms with E-state index in [0.29, 0.717) is 26.6 Å². The summed E-state index contributed by atoms with van der Waals surface area (Å²) in [7, 11) is 0.